The van der Waals surface area contributed by atoms with Gasteiger partial charge < -0.3 is 9.47 Å². The molecule has 0 saturated carbocycles. The Morgan fingerprint density at radius 2 is 1.86 bits per heavy atom. The summed E-state index contributed by atoms with van der Waals surface area (Å²) < 4.78 is 11.4. The second kappa shape index (κ2) is 7.33. The summed E-state index contributed by atoms with van der Waals surface area (Å²) in [6.07, 6.45) is 1.66. The van der Waals surface area contributed by atoms with Crippen molar-refractivity contribution in [2.45, 2.75) is 0 Å². The average molecular weight is 370 g/mol. The molecule has 2 aromatic rings. The summed E-state index contributed by atoms with van der Waals surface area (Å²) in [4.78, 5) is 0. The van der Waals surface area contributed by atoms with Crippen molar-refractivity contribution in [1.82, 2.24) is 0 Å². The van der Waals surface area contributed by atoms with Crippen LogP contribution in [0.4, 0.5) is 5.69 Å². The molecular formula is C15H14BrClN2O2. The van der Waals surface area contributed by atoms with Crippen LogP contribution in [-0.4, -0.2) is 20.4 Å². The lowest BCUT2D eigenvalue weighted by atomic mass is 10.2. The van der Waals surface area contributed by atoms with Crippen LogP contribution in [-0.2, 0) is 0 Å². The number of nitrogens with zero attached hydrogens (tertiary/aromatic N) is 1. The Balaban J connectivity index is 2.13. The third-order valence-electron chi connectivity index (χ3n) is 2.71. The van der Waals surface area contributed by atoms with E-state index in [0.29, 0.717) is 16.5 Å². The van der Waals surface area contributed by atoms with Crippen LogP contribution < -0.4 is 14.9 Å². The summed E-state index contributed by atoms with van der Waals surface area (Å²) in [6, 6.07) is 11.3. The van der Waals surface area contributed by atoms with Gasteiger partial charge in [0, 0.05) is 4.47 Å². The van der Waals surface area contributed by atoms with Crippen molar-refractivity contribution in [1.29, 1.82) is 0 Å². The number of nitrogens with one attached hydrogen (secondary N) is 1. The molecule has 0 bridgehead atoms. The summed E-state index contributed by atoms with van der Waals surface area (Å²) >= 11 is 9.52. The van der Waals surface area contributed by atoms with Gasteiger partial charge in [0.25, 0.3) is 0 Å². The van der Waals surface area contributed by atoms with E-state index in [1.54, 1.807) is 32.6 Å². The zero-order chi connectivity index (χ0) is 15.2. The molecule has 0 unspecified atom stereocenters. The number of benzene rings is 2. The van der Waals surface area contributed by atoms with Gasteiger partial charge in [-0.2, -0.15) is 5.10 Å². The molecule has 0 radical (unpaired) electrons. The first-order chi connectivity index (χ1) is 10.1. The lowest BCUT2D eigenvalue weighted by Gasteiger charge is -2.10. The molecule has 2 rings (SSSR count). The van der Waals surface area contributed by atoms with Gasteiger partial charge in [0.15, 0.2) is 11.5 Å². The van der Waals surface area contributed by atoms with Crippen LogP contribution in [0.3, 0.4) is 0 Å². The fraction of sp³-hybridized carbons (Fsp3) is 0.133. The number of rotatable bonds is 5. The third-order valence-corrected chi connectivity index (χ3v) is 3.52. The normalized spacial score (nSPS) is 10.7. The fourth-order valence-corrected chi connectivity index (χ4v) is 2.28. The van der Waals surface area contributed by atoms with Gasteiger partial charge in [-0.05, 0) is 42.0 Å². The van der Waals surface area contributed by atoms with Gasteiger partial charge in [-0.1, -0.05) is 27.5 Å². The minimum atomic E-state index is 0.474. The molecular weight excluding hydrogens is 356 g/mol. The van der Waals surface area contributed by atoms with E-state index in [9.17, 15) is 0 Å². The molecule has 0 aliphatic carbocycles. The summed E-state index contributed by atoms with van der Waals surface area (Å²) in [5, 5.41) is 4.64. The van der Waals surface area contributed by atoms with Crippen LogP contribution >= 0.6 is 27.5 Å². The zero-order valence-electron chi connectivity index (χ0n) is 11.6. The molecule has 2 aromatic carbocycles. The first-order valence-corrected chi connectivity index (χ1v) is 7.27. The maximum Gasteiger partial charge on any atom is 0.179 e. The molecule has 0 heterocycles. The lowest BCUT2D eigenvalue weighted by molar-refractivity contribution is 0.355. The summed E-state index contributed by atoms with van der Waals surface area (Å²) in [5.41, 5.74) is 4.64. The van der Waals surface area contributed by atoms with Crippen LogP contribution in [0.25, 0.3) is 0 Å². The molecule has 1 N–H and O–H groups in total. The van der Waals surface area contributed by atoms with Crippen molar-refractivity contribution in [3.05, 3.63) is 51.5 Å². The number of methoxy groups -OCH3 is 2. The lowest BCUT2D eigenvalue weighted by Crippen LogP contribution is -1.95. The van der Waals surface area contributed by atoms with Crippen molar-refractivity contribution < 1.29 is 9.47 Å². The zero-order valence-corrected chi connectivity index (χ0v) is 13.9. The highest BCUT2D eigenvalue weighted by Gasteiger charge is 2.09. The maximum absolute atomic E-state index is 6.13. The Labute approximate surface area is 136 Å². The molecule has 4 nitrogen and oxygen atoms in total. The first-order valence-electron chi connectivity index (χ1n) is 6.10. The van der Waals surface area contributed by atoms with E-state index >= 15 is 0 Å². The number of hydrogen-bond acceptors (Lipinski definition) is 4. The number of ether oxygens (including phenoxy) is 2. The van der Waals surface area contributed by atoms with Gasteiger partial charge in [-0.25, -0.2) is 0 Å². The van der Waals surface area contributed by atoms with Crippen molar-refractivity contribution in [3.63, 3.8) is 0 Å². The number of halogens is 2. The van der Waals surface area contributed by atoms with Crippen LogP contribution in [0.2, 0.25) is 5.02 Å². The van der Waals surface area contributed by atoms with E-state index in [4.69, 9.17) is 21.1 Å². The Morgan fingerprint density at radius 1 is 1.14 bits per heavy atom. The highest BCUT2D eigenvalue weighted by Crippen LogP contribution is 2.35. The van der Waals surface area contributed by atoms with E-state index < -0.39 is 0 Å². The summed E-state index contributed by atoms with van der Waals surface area (Å²) in [6.45, 7) is 0. The quantitative estimate of drug-likeness (QED) is 0.620. The number of anilines is 1. The monoisotopic (exact) mass is 368 g/mol. The van der Waals surface area contributed by atoms with E-state index in [2.05, 4.69) is 26.5 Å². The smallest absolute Gasteiger partial charge is 0.179 e. The SMILES string of the molecule is COc1cc(/C=N/Nc2ccc(Br)cc2)cc(Cl)c1OC. The fourth-order valence-electron chi connectivity index (χ4n) is 1.72. The van der Waals surface area contributed by atoms with Crippen LogP contribution in [0, 0.1) is 0 Å². The molecule has 0 fully saturated rings. The molecule has 0 aliphatic rings. The first kappa shape index (κ1) is 15.7. The minimum Gasteiger partial charge on any atom is -0.493 e. The number of hydrazone groups is 1. The standard InChI is InChI=1S/C15H14BrClN2O2/c1-20-14-8-10(7-13(17)15(14)21-2)9-18-19-12-5-3-11(16)4-6-12/h3-9,19H,1-2H3/b18-9+. The van der Waals surface area contributed by atoms with Crippen molar-refractivity contribution >= 4 is 39.4 Å². The molecule has 0 spiro atoms. The van der Waals surface area contributed by atoms with Crippen LogP contribution in [0.1, 0.15) is 5.56 Å². The summed E-state index contributed by atoms with van der Waals surface area (Å²) in [5.74, 6) is 1.08. The second-order valence-electron chi connectivity index (χ2n) is 4.12. The van der Waals surface area contributed by atoms with Gasteiger partial charge in [-0.3, -0.25) is 5.43 Å². The molecule has 110 valence electrons. The number of hydrogen-bond donors (Lipinski definition) is 1. The molecule has 0 aromatic heterocycles. The maximum atomic E-state index is 6.13. The molecule has 0 aliphatic heterocycles. The van der Waals surface area contributed by atoms with Crippen LogP contribution in [0.15, 0.2) is 46.0 Å². The topological polar surface area (TPSA) is 42.8 Å². The van der Waals surface area contributed by atoms with Gasteiger partial charge >= 0.3 is 0 Å². The molecule has 0 atom stereocenters. The molecule has 21 heavy (non-hydrogen) atoms. The predicted molar refractivity (Wildman–Crippen MR) is 89.9 cm³/mol. The molecule has 0 saturated heterocycles. The van der Waals surface area contributed by atoms with E-state index in [0.717, 1.165) is 15.7 Å². The van der Waals surface area contributed by atoms with E-state index in [-0.39, 0.29) is 0 Å². The third kappa shape index (κ3) is 4.12. The predicted octanol–water partition coefficient (Wildman–Crippen LogP) is 4.57. The van der Waals surface area contributed by atoms with E-state index in [1.165, 1.54) is 0 Å². The Hall–Kier alpha value is -1.72. The van der Waals surface area contributed by atoms with Crippen molar-refractivity contribution in [2.24, 2.45) is 5.10 Å². The van der Waals surface area contributed by atoms with Gasteiger partial charge in [0.05, 0.1) is 31.1 Å². The van der Waals surface area contributed by atoms with Crippen molar-refractivity contribution in [2.75, 3.05) is 19.6 Å². The Morgan fingerprint density at radius 3 is 2.48 bits per heavy atom. The highest BCUT2D eigenvalue weighted by molar-refractivity contribution is 9.10. The summed E-state index contributed by atoms with van der Waals surface area (Å²) in [7, 11) is 3.11. The largest absolute Gasteiger partial charge is 0.493 e. The minimum absolute atomic E-state index is 0.474. The molecule has 6 heteroatoms. The Kier molecular flexibility index (Phi) is 5.47. The van der Waals surface area contributed by atoms with Crippen molar-refractivity contribution in [3.8, 4) is 11.5 Å². The van der Waals surface area contributed by atoms with Gasteiger partial charge in [0.2, 0.25) is 0 Å². The van der Waals surface area contributed by atoms with Gasteiger partial charge in [0.1, 0.15) is 0 Å². The van der Waals surface area contributed by atoms with Gasteiger partial charge in [-0.15, -0.1) is 0 Å². The second-order valence-corrected chi connectivity index (χ2v) is 5.44. The van der Waals surface area contributed by atoms with E-state index in [1.807, 2.05) is 24.3 Å². The average Bonchev–Trinajstić information content (AvgIpc) is 2.48. The highest BCUT2D eigenvalue weighted by atomic mass is 79.9. The van der Waals surface area contributed by atoms with Crippen LogP contribution in [0.5, 0.6) is 11.5 Å². The Bertz CT molecular complexity index is 645. The molecule has 0 amide bonds.